The van der Waals surface area contributed by atoms with Crippen molar-refractivity contribution in [1.29, 1.82) is 0 Å². The Morgan fingerprint density at radius 3 is 2.47 bits per heavy atom. The highest BCUT2D eigenvalue weighted by atomic mass is 32.2. The summed E-state index contributed by atoms with van der Waals surface area (Å²) in [6.45, 7) is 2.91. The Labute approximate surface area is 195 Å². The van der Waals surface area contributed by atoms with Crippen LogP contribution in [0, 0.1) is 0 Å². The van der Waals surface area contributed by atoms with Gasteiger partial charge in [0.1, 0.15) is 11.5 Å². The fourth-order valence-electron chi connectivity index (χ4n) is 3.81. The minimum Gasteiger partial charge on any atom is -0.457 e. The topological polar surface area (TPSA) is 45.7 Å². The Hall–Kier alpha value is -3.03. The molecular formula is C25H23N3O2S2. The number of benzene rings is 3. The molecule has 7 heteroatoms. The van der Waals surface area contributed by atoms with E-state index in [0.29, 0.717) is 24.4 Å². The number of carbonyl (C=O) groups excluding carboxylic acids is 1. The van der Waals surface area contributed by atoms with E-state index in [0.717, 1.165) is 29.5 Å². The minimum absolute atomic E-state index is 0.0390. The van der Waals surface area contributed by atoms with Crippen LogP contribution in [0.15, 0.2) is 77.7 Å². The molecule has 1 aliphatic heterocycles. The third kappa shape index (κ3) is 4.31. The summed E-state index contributed by atoms with van der Waals surface area (Å²) in [4.78, 5) is 23.4. The average Bonchev–Trinajstić information content (AvgIpc) is 3.29. The zero-order chi connectivity index (χ0) is 21.9. The molecule has 5 rings (SSSR count). The number of amides is 1. The van der Waals surface area contributed by atoms with Gasteiger partial charge < -0.3 is 14.5 Å². The number of fused-ring (bicyclic) bond motifs is 1. The van der Waals surface area contributed by atoms with Crippen molar-refractivity contribution < 1.29 is 9.53 Å². The highest BCUT2D eigenvalue weighted by Gasteiger charge is 2.24. The predicted molar refractivity (Wildman–Crippen MR) is 132 cm³/mol. The van der Waals surface area contributed by atoms with Crippen LogP contribution in [-0.2, 0) is 0 Å². The van der Waals surface area contributed by atoms with Gasteiger partial charge in [0, 0.05) is 36.6 Å². The number of aromatic nitrogens is 1. The van der Waals surface area contributed by atoms with Crippen molar-refractivity contribution in [2.45, 2.75) is 4.90 Å². The molecule has 0 saturated carbocycles. The smallest absolute Gasteiger partial charge is 0.254 e. The summed E-state index contributed by atoms with van der Waals surface area (Å²) in [7, 11) is 0. The average molecular weight is 462 g/mol. The molecule has 0 bridgehead atoms. The Balaban J connectivity index is 1.25. The van der Waals surface area contributed by atoms with Crippen LogP contribution in [0.4, 0.5) is 5.13 Å². The highest BCUT2D eigenvalue weighted by molar-refractivity contribution is 7.98. The Kier molecular flexibility index (Phi) is 6.01. The van der Waals surface area contributed by atoms with Crippen LogP contribution in [0.1, 0.15) is 10.4 Å². The lowest BCUT2D eigenvalue weighted by Gasteiger charge is -2.34. The fourth-order valence-corrected chi connectivity index (χ4v) is 5.48. The van der Waals surface area contributed by atoms with Gasteiger partial charge in [-0.05, 0) is 48.7 Å². The standard InChI is InChI=1S/C25H23N3O2S2/c1-31-21-11-6-12-22-23(21)26-25(32-22)28-15-13-27(14-16-28)24(29)18-7-5-10-20(17-18)30-19-8-3-2-4-9-19/h2-12,17H,13-16H2,1H3. The number of thiazole rings is 1. The van der Waals surface area contributed by atoms with Gasteiger partial charge in [-0.2, -0.15) is 0 Å². The third-order valence-electron chi connectivity index (χ3n) is 5.49. The highest BCUT2D eigenvalue weighted by Crippen LogP contribution is 2.34. The lowest BCUT2D eigenvalue weighted by molar-refractivity contribution is 0.0746. The van der Waals surface area contributed by atoms with Gasteiger partial charge in [-0.1, -0.05) is 41.7 Å². The number of carbonyl (C=O) groups is 1. The molecule has 0 aliphatic carbocycles. The van der Waals surface area contributed by atoms with Gasteiger partial charge in [-0.3, -0.25) is 4.79 Å². The largest absolute Gasteiger partial charge is 0.457 e. The van der Waals surface area contributed by atoms with Crippen LogP contribution in [0.2, 0.25) is 0 Å². The van der Waals surface area contributed by atoms with Gasteiger partial charge in [0.2, 0.25) is 0 Å². The molecule has 1 aromatic heterocycles. The van der Waals surface area contributed by atoms with Gasteiger partial charge in [0.05, 0.1) is 10.2 Å². The molecule has 162 valence electrons. The maximum atomic E-state index is 13.1. The zero-order valence-electron chi connectivity index (χ0n) is 17.7. The summed E-state index contributed by atoms with van der Waals surface area (Å²) in [5, 5.41) is 1.03. The van der Waals surface area contributed by atoms with Crippen molar-refractivity contribution in [2.75, 3.05) is 37.3 Å². The predicted octanol–water partition coefficient (Wildman–Crippen LogP) is 5.77. The molecule has 1 amide bonds. The molecule has 1 saturated heterocycles. The normalized spacial score (nSPS) is 14.0. The molecular weight excluding hydrogens is 438 g/mol. The second-order valence-corrected chi connectivity index (χ2v) is 9.38. The number of para-hydroxylation sites is 2. The minimum atomic E-state index is 0.0390. The van der Waals surface area contributed by atoms with Crippen molar-refractivity contribution >= 4 is 44.4 Å². The first-order valence-corrected chi connectivity index (χ1v) is 12.6. The summed E-state index contributed by atoms with van der Waals surface area (Å²) in [5.74, 6) is 1.46. The van der Waals surface area contributed by atoms with Crippen LogP contribution in [-0.4, -0.2) is 48.2 Å². The number of rotatable bonds is 5. The van der Waals surface area contributed by atoms with E-state index in [1.54, 1.807) is 23.1 Å². The summed E-state index contributed by atoms with van der Waals surface area (Å²) in [6.07, 6.45) is 2.08. The molecule has 0 radical (unpaired) electrons. The van der Waals surface area contributed by atoms with Gasteiger partial charge in [-0.15, -0.1) is 11.8 Å². The van der Waals surface area contributed by atoms with E-state index in [-0.39, 0.29) is 5.91 Å². The van der Waals surface area contributed by atoms with E-state index in [4.69, 9.17) is 9.72 Å². The molecule has 1 aliphatic rings. The Morgan fingerprint density at radius 1 is 0.938 bits per heavy atom. The molecule has 0 spiro atoms. The van der Waals surface area contributed by atoms with E-state index in [1.165, 1.54) is 9.60 Å². The first kappa shape index (κ1) is 20.8. The molecule has 0 N–H and O–H groups in total. The van der Waals surface area contributed by atoms with Crippen LogP contribution < -0.4 is 9.64 Å². The number of hydrogen-bond donors (Lipinski definition) is 0. The molecule has 3 aromatic carbocycles. The van der Waals surface area contributed by atoms with Crippen LogP contribution in [0.25, 0.3) is 10.2 Å². The van der Waals surface area contributed by atoms with Crippen LogP contribution >= 0.6 is 23.1 Å². The number of anilines is 1. The lowest BCUT2D eigenvalue weighted by atomic mass is 10.1. The van der Waals surface area contributed by atoms with Gasteiger partial charge in [0.25, 0.3) is 5.91 Å². The monoisotopic (exact) mass is 461 g/mol. The molecule has 0 atom stereocenters. The van der Waals surface area contributed by atoms with E-state index < -0.39 is 0 Å². The van der Waals surface area contributed by atoms with E-state index in [2.05, 4.69) is 29.4 Å². The molecule has 4 aromatic rings. The molecule has 0 unspecified atom stereocenters. The van der Waals surface area contributed by atoms with Crippen LogP contribution in [0.3, 0.4) is 0 Å². The third-order valence-corrected chi connectivity index (χ3v) is 7.34. The Bertz CT molecular complexity index is 1230. The summed E-state index contributed by atoms with van der Waals surface area (Å²) < 4.78 is 7.10. The SMILES string of the molecule is CSc1cccc2sc(N3CCN(C(=O)c4cccc(Oc5ccccc5)c4)CC3)nc12. The van der Waals surface area contributed by atoms with E-state index in [1.807, 2.05) is 59.5 Å². The van der Waals surface area contributed by atoms with Crippen molar-refractivity contribution in [3.8, 4) is 11.5 Å². The first-order valence-electron chi connectivity index (χ1n) is 10.5. The number of nitrogens with zero attached hydrogens (tertiary/aromatic N) is 3. The van der Waals surface area contributed by atoms with Gasteiger partial charge in [0.15, 0.2) is 5.13 Å². The fraction of sp³-hybridized carbons (Fsp3) is 0.200. The quantitative estimate of drug-likeness (QED) is 0.353. The first-order chi connectivity index (χ1) is 15.7. The van der Waals surface area contributed by atoms with Crippen molar-refractivity contribution in [3.63, 3.8) is 0 Å². The molecule has 2 heterocycles. The second-order valence-electron chi connectivity index (χ2n) is 7.53. The molecule has 32 heavy (non-hydrogen) atoms. The molecule has 5 nitrogen and oxygen atoms in total. The van der Waals surface area contributed by atoms with Crippen molar-refractivity contribution in [2.24, 2.45) is 0 Å². The van der Waals surface area contributed by atoms with Crippen molar-refractivity contribution in [1.82, 2.24) is 9.88 Å². The number of thioether (sulfide) groups is 1. The summed E-state index contributed by atoms with van der Waals surface area (Å²) in [5.41, 5.74) is 1.73. The van der Waals surface area contributed by atoms with E-state index in [9.17, 15) is 4.79 Å². The number of ether oxygens (including phenoxy) is 1. The zero-order valence-corrected chi connectivity index (χ0v) is 19.4. The summed E-state index contributed by atoms with van der Waals surface area (Å²) >= 11 is 3.45. The van der Waals surface area contributed by atoms with E-state index >= 15 is 0 Å². The van der Waals surface area contributed by atoms with Gasteiger partial charge >= 0.3 is 0 Å². The summed E-state index contributed by atoms with van der Waals surface area (Å²) in [6, 6.07) is 23.3. The van der Waals surface area contributed by atoms with Gasteiger partial charge in [-0.25, -0.2) is 4.98 Å². The maximum absolute atomic E-state index is 13.1. The van der Waals surface area contributed by atoms with Crippen LogP contribution in [0.5, 0.6) is 11.5 Å². The number of hydrogen-bond acceptors (Lipinski definition) is 6. The Morgan fingerprint density at radius 2 is 1.69 bits per heavy atom. The molecule has 1 fully saturated rings. The maximum Gasteiger partial charge on any atom is 0.254 e. The second kappa shape index (κ2) is 9.22. The lowest BCUT2D eigenvalue weighted by Crippen LogP contribution is -2.48. The number of piperazine rings is 1. The van der Waals surface area contributed by atoms with Crippen molar-refractivity contribution in [3.05, 3.63) is 78.4 Å².